The van der Waals surface area contributed by atoms with Crippen LogP contribution in [0.2, 0.25) is 0 Å². The van der Waals surface area contributed by atoms with Gasteiger partial charge in [0.25, 0.3) is 0 Å². The van der Waals surface area contributed by atoms with Gasteiger partial charge in [0.15, 0.2) is 0 Å². The van der Waals surface area contributed by atoms with E-state index in [-0.39, 0.29) is 11.9 Å². The molecule has 0 radical (unpaired) electrons. The van der Waals surface area contributed by atoms with Crippen LogP contribution in [0.4, 0.5) is 5.00 Å². The molecule has 0 fully saturated rings. The van der Waals surface area contributed by atoms with E-state index in [2.05, 4.69) is 48.3 Å². The molecule has 1 aliphatic rings. The number of carbonyl (C=O) groups is 2. The zero-order valence-corrected chi connectivity index (χ0v) is 20.3. The highest BCUT2D eigenvalue weighted by Gasteiger charge is 2.29. The van der Waals surface area contributed by atoms with Crippen molar-refractivity contribution in [2.45, 2.75) is 57.9 Å². The highest BCUT2D eigenvalue weighted by Crippen LogP contribution is 2.38. The molecular formula is C24H32N2O3S2. The van der Waals surface area contributed by atoms with Crippen molar-refractivity contribution in [3.8, 4) is 0 Å². The second kappa shape index (κ2) is 11.7. The molecule has 5 nitrogen and oxygen atoms in total. The van der Waals surface area contributed by atoms with Crippen LogP contribution in [0.3, 0.4) is 0 Å². The number of carbonyl (C=O) groups excluding carboxylic acids is 2. The van der Waals surface area contributed by atoms with E-state index in [9.17, 15) is 9.59 Å². The summed E-state index contributed by atoms with van der Waals surface area (Å²) in [4.78, 5) is 30.0. The molecule has 0 aliphatic carbocycles. The molecule has 31 heavy (non-hydrogen) atoms. The zero-order valence-electron chi connectivity index (χ0n) is 18.7. The molecule has 0 saturated heterocycles. The minimum Gasteiger partial charge on any atom is -0.462 e. The van der Waals surface area contributed by atoms with Crippen LogP contribution in [0.15, 0.2) is 29.2 Å². The Morgan fingerprint density at radius 2 is 2.00 bits per heavy atom. The van der Waals surface area contributed by atoms with Crippen molar-refractivity contribution >= 4 is 40.0 Å². The van der Waals surface area contributed by atoms with Gasteiger partial charge in [0.2, 0.25) is 5.91 Å². The SMILES string of the molecule is CCCN1CCc2c(sc(NC(=O)CCCSc3ccc(C)cc3)c2C(=O)OCC)C1. The molecule has 1 aliphatic heterocycles. The maximum absolute atomic E-state index is 12.6. The van der Waals surface area contributed by atoms with Crippen LogP contribution < -0.4 is 5.32 Å². The molecule has 2 aromatic rings. The van der Waals surface area contributed by atoms with Gasteiger partial charge in [0.05, 0.1) is 12.2 Å². The lowest BCUT2D eigenvalue weighted by Gasteiger charge is -2.26. The summed E-state index contributed by atoms with van der Waals surface area (Å²) in [5.41, 5.74) is 2.87. The fourth-order valence-electron chi connectivity index (χ4n) is 3.72. The van der Waals surface area contributed by atoms with Gasteiger partial charge < -0.3 is 10.1 Å². The normalized spacial score (nSPS) is 13.6. The fourth-order valence-corrected chi connectivity index (χ4v) is 5.86. The van der Waals surface area contributed by atoms with Crippen LogP contribution in [0.1, 0.15) is 59.5 Å². The Kier molecular flexibility index (Phi) is 8.99. The van der Waals surface area contributed by atoms with Crippen LogP contribution in [-0.4, -0.2) is 42.2 Å². The molecule has 1 N–H and O–H groups in total. The monoisotopic (exact) mass is 460 g/mol. The third-order valence-electron chi connectivity index (χ3n) is 5.25. The molecule has 2 heterocycles. The first-order valence-corrected chi connectivity index (χ1v) is 12.8. The number of amides is 1. The molecule has 1 aromatic carbocycles. The Bertz CT molecular complexity index is 893. The number of anilines is 1. The summed E-state index contributed by atoms with van der Waals surface area (Å²) in [5.74, 6) is 0.516. The summed E-state index contributed by atoms with van der Waals surface area (Å²) in [6.45, 7) is 9.21. The fraction of sp³-hybridized carbons (Fsp3) is 0.500. The van der Waals surface area contributed by atoms with E-state index in [1.54, 1.807) is 11.8 Å². The highest BCUT2D eigenvalue weighted by atomic mass is 32.2. The van der Waals surface area contributed by atoms with Crippen molar-refractivity contribution in [3.63, 3.8) is 0 Å². The van der Waals surface area contributed by atoms with Gasteiger partial charge in [-0.1, -0.05) is 24.6 Å². The largest absolute Gasteiger partial charge is 0.462 e. The number of thioether (sulfide) groups is 1. The maximum Gasteiger partial charge on any atom is 0.341 e. The van der Waals surface area contributed by atoms with Gasteiger partial charge in [-0.15, -0.1) is 23.1 Å². The van der Waals surface area contributed by atoms with Crippen LogP contribution >= 0.6 is 23.1 Å². The molecule has 0 saturated carbocycles. The first-order valence-electron chi connectivity index (χ1n) is 11.0. The van der Waals surface area contributed by atoms with Crippen molar-refractivity contribution in [2.24, 2.45) is 0 Å². The molecule has 0 atom stereocenters. The summed E-state index contributed by atoms with van der Waals surface area (Å²) in [5, 5.41) is 3.66. The van der Waals surface area contributed by atoms with Gasteiger partial charge in [-0.25, -0.2) is 4.79 Å². The lowest BCUT2D eigenvalue weighted by atomic mass is 10.0. The number of rotatable bonds is 10. The number of thiophene rings is 1. The number of nitrogens with one attached hydrogen (secondary N) is 1. The summed E-state index contributed by atoms with van der Waals surface area (Å²) >= 11 is 3.29. The van der Waals surface area contributed by atoms with Gasteiger partial charge in [-0.2, -0.15) is 0 Å². The number of hydrogen-bond acceptors (Lipinski definition) is 6. The molecule has 7 heteroatoms. The van der Waals surface area contributed by atoms with E-state index in [1.807, 2.05) is 6.92 Å². The van der Waals surface area contributed by atoms with Gasteiger partial charge in [-0.3, -0.25) is 9.69 Å². The molecule has 0 unspecified atom stereocenters. The average Bonchev–Trinajstić information content (AvgIpc) is 3.10. The summed E-state index contributed by atoms with van der Waals surface area (Å²) in [7, 11) is 0. The summed E-state index contributed by atoms with van der Waals surface area (Å²) < 4.78 is 5.30. The molecule has 168 valence electrons. The predicted octanol–water partition coefficient (Wildman–Crippen LogP) is 5.51. The van der Waals surface area contributed by atoms with Crippen molar-refractivity contribution in [3.05, 3.63) is 45.8 Å². The van der Waals surface area contributed by atoms with Gasteiger partial charge in [0.1, 0.15) is 5.00 Å². The minimum absolute atomic E-state index is 0.0425. The third-order valence-corrected chi connectivity index (χ3v) is 7.48. The Labute approximate surface area is 193 Å². The number of nitrogens with zero attached hydrogens (tertiary/aromatic N) is 1. The van der Waals surface area contributed by atoms with E-state index in [4.69, 9.17) is 4.74 Å². The smallest absolute Gasteiger partial charge is 0.341 e. The number of benzene rings is 1. The first-order chi connectivity index (χ1) is 15.0. The molecule has 1 aromatic heterocycles. The van der Waals surface area contributed by atoms with Gasteiger partial charge in [0, 0.05) is 29.3 Å². The number of esters is 1. The van der Waals surface area contributed by atoms with E-state index in [0.29, 0.717) is 23.6 Å². The van der Waals surface area contributed by atoms with Crippen molar-refractivity contribution in [1.82, 2.24) is 4.90 Å². The van der Waals surface area contributed by atoms with Crippen LogP contribution in [-0.2, 0) is 22.5 Å². The van der Waals surface area contributed by atoms with Crippen LogP contribution in [0.25, 0.3) is 0 Å². The molecule has 1 amide bonds. The van der Waals surface area contributed by atoms with Gasteiger partial charge >= 0.3 is 5.97 Å². The molecular weight excluding hydrogens is 428 g/mol. The van der Waals surface area contributed by atoms with E-state index < -0.39 is 0 Å². The Hall–Kier alpha value is -1.83. The maximum atomic E-state index is 12.6. The van der Waals surface area contributed by atoms with Gasteiger partial charge in [-0.05, 0) is 63.1 Å². The van der Waals surface area contributed by atoms with E-state index in [1.165, 1.54) is 26.7 Å². The van der Waals surface area contributed by atoms with Crippen LogP contribution in [0, 0.1) is 6.92 Å². The summed E-state index contributed by atoms with van der Waals surface area (Å²) in [6.07, 6.45) is 3.15. The van der Waals surface area contributed by atoms with E-state index in [0.717, 1.165) is 50.2 Å². The van der Waals surface area contributed by atoms with Crippen molar-refractivity contribution in [1.29, 1.82) is 0 Å². The molecule has 3 rings (SSSR count). The number of aryl methyl sites for hydroxylation is 1. The molecule has 0 bridgehead atoms. The number of fused-ring (bicyclic) bond motifs is 1. The predicted molar refractivity (Wildman–Crippen MR) is 129 cm³/mol. The number of ether oxygens (including phenoxy) is 1. The quantitative estimate of drug-likeness (QED) is 0.288. The Morgan fingerprint density at radius 3 is 2.71 bits per heavy atom. The summed E-state index contributed by atoms with van der Waals surface area (Å²) in [6, 6.07) is 8.44. The minimum atomic E-state index is -0.325. The lowest BCUT2D eigenvalue weighted by Crippen LogP contribution is -2.30. The second-order valence-corrected chi connectivity index (χ2v) is 10.0. The highest BCUT2D eigenvalue weighted by molar-refractivity contribution is 7.99. The topological polar surface area (TPSA) is 58.6 Å². The Morgan fingerprint density at radius 1 is 1.23 bits per heavy atom. The van der Waals surface area contributed by atoms with Crippen molar-refractivity contribution < 1.29 is 14.3 Å². The standard InChI is InChI=1S/C24H32N2O3S2/c1-4-13-26-14-12-19-20(16-26)31-23(22(19)24(28)29-5-2)25-21(27)7-6-15-30-18-10-8-17(3)9-11-18/h8-11H,4-7,12-16H2,1-3H3,(H,25,27). The molecule has 0 spiro atoms. The third kappa shape index (κ3) is 6.57. The first kappa shape index (κ1) is 23.8. The van der Waals surface area contributed by atoms with Crippen LogP contribution in [0.5, 0.6) is 0 Å². The second-order valence-electron chi connectivity index (χ2n) is 7.77. The zero-order chi connectivity index (χ0) is 22.2. The lowest BCUT2D eigenvalue weighted by molar-refractivity contribution is -0.116. The number of hydrogen-bond donors (Lipinski definition) is 1. The van der Waals surface area contributed by atoms with E-state index >= 15 is 0 Å². The average molecular weight is 461 g/mol. The Balaban J connectivity index is 1.60. The van der Waals surface area contributed by atoms with Crippen molar-refractivity contribution in [2.75, 3.05) is 30.8 Å².